The van der Waals surface area contributed by atoms with Crippen LogP contribution in [-0.2, 0) is 16.0 Å². The number of carbonyl (C=O) groups excluding carboxylic acids is 1. The lowest BCUT2D eigenvalue weighted by Crippen LogP contribution is -2.31. The molecular formula is C29H36N2O6. The number of aliphatic carboxylic acids is 2. The van der Waals surface area contributed by atoms with Gasteiger partial charge in [0, 0.05) is 37.5 Å². The number of carboxylic acids is 2. The Morgan fingerprint density at radius 1 is 0.973 bits per heavy atom. The number of carbonyl (C=O) groups is 3. The number of nitrogens with zero attached hydrogens (tertiary/aromatic N) is 2. The summed E-state index contributed by atoms with van der Waals surface area (Å²) in [6, 6.07) is 14.3. The van der Waals surface area contributed by atoms with E-state index in [1.807, 2.05) is 32.3 Å². The number of likely N-dealkylation sites (tertiary alicyclic amines) is 1. The normalized spacial score (nSPS) is 16.4. The zero-order valence-electron chi connectivity index (χ0n) is 21.6. The average molecular weight is 509 g/mol. The summed E-state index contributed by atoms with van der Waals surface area (Å²) in [6.07, 6.45) is 8.79. The Bertz CT molecular complexity index is 1110. The molecule has 4 rings (SSSR count). The van der Waals surface area contributed by atoms with Gasteiger partial charge in [-0.25, -0.2) is 9.59 Å². The number of Topliss-reactive ketones (excluding diaryl/α,β-unsaturated/α-hetero) is 1. The summed E-state index contributed by atoms with van der Waals surface area (Å²) in [6.45, 7) is 4.32. The molecule has 2 aromatic carbocycles. The Hall–Kier alpha value is -3.65. The molecule has 1 fully saturated rings. The number of allylic oxidation sites excluding steroid dienone is 1. The van der Waals surface area contributed by atoms with Crippen LogP contribution in [0, 0.1) is 0 Å². The van der Waals surface area contributed by atoms with Crippen LogP contribution in [0.25, 0.3) is 6.08 Å². The van der Waals surface area contributed by atoms with E-state index in [0.29, 0.717) is 0 Å². The van der Waals surface area contributed by atoms with Gasteiger partial charge < -0.3 is 24.7 Å². The summed E-state index contributed by atoms with van der Waals surface area (Å²) in [5.41, 5.74) is 5.05. The van der Waals surface area contributed by atoms with Gasteiger partial charge in [0.1, 0.15) is 5.75 Å². The van der Waals surface area contributed by atoms with Crippen molar-refractivity contribution in [2.75, 3.05) is 45.2 Å². The number of fused-ring (bicyclic) bond motifs is 1. The number of rotatable bonds is 7. The lowest BCUT2D eigenvalue weighted by atomic mass is 9.86. The summed E-state index contributed by atoms with van der Waals surface area (Å²) in [4.78, 5) is 35.8. The molecule has 37 heavy (non-hydrogen) atoms. The Morgan fingerprint density at radius 3 is 2.27 bits per heavy atom. The van der Waals surface area contributed by atoms with Crippen molar-refractivity contribution < 1.29 is 29.3 Å². The van der Waals surface area contributed by atoms with Crippen LogP contribution in [0.5, 0.6) is 5.75 Å². The molecular weight excluding hydrogens is 472 g/mol. The highest BCUT2D eigenvalue weighted by molar-refractivity contribution is 6.27. The number of hydrogen-bond acceptors (Lipinski definition) is 6. The summed E-state index contributed by atoms with van der Waals surface area (Å²) >= 11 is 0. The number of anilines is 1. The average Bonchev–Trinajstić information content (AvgIpc) is 2.89. The molecule has 0 saturated carbocycles. The number of piperidine rings is 1. The monoisotopic (exact) mass is 508 g/mol. The maximum atomic E-state index is 13.0. The molecule has 0 atom stereocenters. The summed E-state index contributed by atoms with van der Waals surface area (Å²) < 4.78 is 5.99. The lowest BCUT2D eigenvalue weighted by molar-refractivity contribution is -0.159. The minimum atomic E-state index is -1.82. The third-order valence-electron chi connectivity index (χ3n) is 6.55. The molecule has 1 aliphatic carbocycles. The molecule has 1 saturated heterocycles. The molecule has 8 heteroatoms. The minimum Gasteiger partial charge on any atom is -0.494 e. The molecule has 0 radical (unpaired) electrons. The molecule has 2 aromatic rings. The van der Waals surface area contributed by atoms with Gasteiger partial charge >= 0.3 is 11.9 Å². The fourth-order valence-corrected chi connectivity index (χ4v) is 4.51. The third kappa shape index (κ3) is 8.46. The molecule has 0 unspecified atom stereocenters. The Balaban J connectivity index is 0.000000568. The summed E-state index contributed by atoms with van der Waals surface area (Å²) in [7, 11) is 4.06. The van der Waals surface area contributed by atoms with Crippen LogP contribution in [-0.4, -0.2) is 73.2 Å². The van der Waals surface area contributed by atoms with E-state index in [1.165, 1.54) is 32.4 Å². The molecule has 198 valence electrons. The van der Waals surface area contributed by atoms with Gasteiger partial charge in [-0.05, 0) is 92.7 Å². The van der Waals surface area contributed by atoms with E-state index in [9.17, 15) is 4.79 Å². The van der Waals surface area contributed by atoms with E-state index in [2.05, 4.69) is 40.1 Å². The van der Waals surface area contributed by atoms with E-state index >= 15 is 0 Å². The number of benzene rings is 2. The molecule has 2 aliphatic rings. The Kier molecular flexibility index (Phi) is 10.3. The van der Waals surface area contributed by atoms with Crippen molar-refractivity contribution in [1.29, 1.82) is 0 Å². The number of carboxylic acid groups (broad SMARTS) is 2. The molecule has 1 heterocycles. The van der Waals surface area contributed by atoms with E-state index in [4.69, 9.17) is 24.5 Å². The summed E-state index contributed by atoms with van der Waals surface area (Å²) in [5.74, 6) is -2.61. The maximum absolute atomic E-state index is 13.0. The van der Waals surface area contributed by atoms with E-state index < -0.39 is 11.9 Å². The molecule has 0 amide bonds. The first-order chi connectivity index (χ1) is 17.7. The van der Waals surface area contributed by atoms with Gasteiger partial charge in [-0.1, -0.05) is 18.6 Å². The van der Waals surface area contributed by atoms with E-state index in [-0.39, 0.29) is 5.78 Å². The topological polar surface area (TPSA) is 107 Å². The third-order valence-corrected chi connectivity index (χ3v) is 6.55. The molecule has 8 nitrogen and oxygen atoms in total. The van der Waals surface area contributed by atoms with Crippen molar-refractivity contribution in [3.8, 4) is 5.75 Å². The van der Waals surface area contributed by atoms with Crippen LogP contribution in [0.15, 0.2) is 48.0 Å². The molecule has 1 aliphatic heterocycles. The van der Waals surface area contributed by atoms with Gasteiger partial charge in [-0.3, -0.25) is 4.79 Å². The zero-order chi connectivity index (χ0) is 26.8. The second kappa shape index (κ2) is 13.6. The van der Waals surface area contributed by atoms with Crippen LogP contribution in [0.3, 0.4) is 0 Å². The van der Waals surface area contributed by atoms with Gasteiger partial charge in [0.15, 0.2) is 5.78 Å². The fraction of sp³-hybridized carbons (Fsp3) is 0.414. The fourth-order valence-electron chi connectivity index (χ4n) is 4.51. The van der Waals surface area contributed by atoms with Crippen LogP contribution in [0.1, 0.15) is 53.6 Å². The van der Waals surface area contributed by atoms with Crippen LogP contribution in [0.4, 0.5) is 5.69 Å². The van der Waals surface area contributed by atoms with Crippen LogP contribution in [0.2, 0.25) is 0 Å². The first kappa shape index (κ1) is 27.9. The first-order valence-corrected chi connectivity index (χ1v) is 12.7. The van der Waals surface area contributed by atoms with Crippen LogP contribution >= 0.6 is 0 Å². The largest absolute Gasteiger partial charge is 0.494 e. The highest BCUT2D eigenvalue weighted by Crippen LogP contribution is 2.30. The molecule has 0 bridgehead atoms. The summed E-state index contributed by atoms with van der Waals surface area (Å²) in [5, 5.41) is 14.8. The molecule has 0 aromatic heterocycles. The quantitative estimate of drug-likeness (QED) is 0.322. The number of ketones is 1. The van der Waals surface area contributed by atoms with Gasteiger partial charge in [0.05, 0.1) is 6.61 Å². The van der Waals surface area contributed by atoms with E-state index in [1.54, 1.807) is 0 Å². The number of aryl methyl sites for hydroxylation is 1. The van der Waals surface area contributed by atoms with E-state index in [0.717, 1.165) is 66.1 Å². The number of hydrogen-bond donors (Lipinski definition) is 2. The second-order valence-electron chi connectivity index (χ2n) is 9.52. The highest BCUT2D eigenvalue weighted by atomic mass is 16.5. The van der Waals surface area contributed by atoms with Crippen molar-refractivity contribution in [3.05, 3.63) is 64.7 Å². The maximum Gasteiger partial charge on any atom is 0.414 e. The predicted octanol–water partition coefficient (Wildman–Crippen LogP) is 4.38. The van der Waals surface area contributed by atoms with Crippen molar-refractivity contribution >= 4 is 29.5 Å². The first-order valence-electron chi connectivity index (χ1n) is 12.7. The van der Waals surface area contributed by atoms with Crippen molar-refractivity contribution in [1.82, 2.24) is 4.90 Å². The van der Waals surface area contributed by atoms with Gasteiger partial charge in [-0.2, -0.15) is 0 Å². The standard InChI is InChI=1S/C27H34N2O2.C2H2O4/c1-28(2)24-11-7-21(8-12-24)19-23-10-9-22-20-25(13-14-26(22)27(23)30)31-18-6-17-29-15-4-3-5-16-29;3-1(4)2(5)6/h7-8,11-14,19-20H,3-6,9-10,15-18H2,1-2H3;(H,3,4)(H,5,6)/b23-19+;. The molecule has 2 N–H and O–H groups in total. The van der Waals surface area contributed by atoms with Gasteiger partial charge in [0.25, 0.3) is 0 Å². The Labute approximate surface area is 218 Å². The molecule has 0 spiro atoms. The SMILES string of the molecule is CN(C)c1ccc(/C=C2\CCc3cc(OCCCN4CCCCC4)ccc3C2=O)cc1.O=C(O)C(=O)O. The van der Waals surface area contributed by atoms with Crippen molar-refractivity contribution in [3.63, 3.8) is 0 Å². The van der Waals surface area contributed by atoms with Crippen molar-refractivity contribution in [2.45, 2.75) is 38.5 Å². The van der Waals surface area contributed by atoms with Crippen LogP contribution < -0.4 is 9.64 Å². The second-order valence-corrected chi connectivity index (χ2v) is 9.52. The van der Waals surface area contributed by atoms with Gasteiger partial charge in [-0.15, -0.1) is 0 Å². The smallest absolute Gasteiger partial charge is 0.414 e. The number of ether oxygens (including phenoxy) is 1. The highest BCUT2D eigenvalue weighted by Gasteiger charge is 2.22. The Morgan fingerprint density at radius 2 is 1.65 bits per heavy atom. The lowest BCUT2D eigenvalue weighted by Gasteiger charge is -2.26. The van der Waals surface area contributed by atoms with Crippen molar-refractivity contribution in [2.24, 2.45) is 0 Å². The minimum absolute atomic E-state index is 0.148. The zero-order valence-corrected chi connectivity index (χ0v) is 21.6. The predicted molar refractivity (Wildman–Crippen MR) is 144 cm³/mol. The van der Waals surface area contributed by atoms with Gasteiger partial charge in [0.2, 0.25) is 0 Å².